The Kier molecular flexibility index (Phi) is 5.05. The van der Waals surface area contributed by atoms with Gasteiger partial charge in [0.2, 0.25) is 0 Å². The Morgan fingerprint density at radius 2 is 1.75 bits per heavy atom. The topological polar surface area (TPSA) is 38.0 Å². The van der Waals surface area contributed by atoms with Crippen LogP contribution < -0.4 is 11.3 Å². The van der Waals surface area contributed by atoms with Crippen LogP contribution in [0.2, 0.25) is 0 Å². The Labute approximate surface area is 135 Å². The summed E-state index contributed by atoms with van der Waals surface area (Å²) in [5.74, 6) is 1.46. The Bertz CT molecular complexity index is 652. The van der Waals surface area contributed by atoms with Gasteiger partial charge in [-0.15, -0.1) is 0 Å². The predicted octanol–water partition coefficient (Wildman–Crippen LogP) is 4.02. The normalized spacial score (nSPS) is 12.5. The van der Waals surface area contributed by atoms with Crippen molar-refractivity contribution < 1.29 is 13.2 Å². The van der Waals surface area contributed by atoms with E-state index >= 15 is 0 Å². The summed E-state index contributed by atoms with van der Waals surface area (Å²) in [7, 11) is 0. The number of hydrogen-bond donors (Lipinski definition) is 2. The molecular weight excluding hydrogens is 448 g/mol. The lowest BCUT2D eigenvalue weighted by Gasteiger charge is -2.19. The molecule has 20 heavy (non-hydrogen) atoms. The maximum absolute atomic E-state index is 13.9. The predicted molar refractivity (Wildman–Crippen MR) is 82.3 cm³/mol. The summed E-state index contributed by atoms with van der Waals surface area (Å²) in [6.07, 6.45) is 0. The molecule has 0 aliphatic carbocycles. The molecule has 1 atom stereocenters. The average molecular weight is 457 g/mol. The van der Waals surface area contributed by atoms with Gasteiger partial charge in [0.25, 0.3) is 0 Å². The molecule has 0 aliphatic rings. The fraction of sp³-hybridized carbons (Fsp3) is 0.0769. The van der Waals surface area contributed by atoms with E-state index in [0.29, 0.717) is 10.0 Å². The molecule has 7 heteroatoms. The molecule has 2 nitrogen and oxygen atoms in total. The molecule has 0 aliphatic heterocycles. The maximum Gasteiger partial charge on any atom is 0.194 e. The van der Waals surface area contributed by atoms with Gasteiger partial charge in [-0.3, -0.25) is 5.84 Å². The number of hydrogen-bond acceptors (Lipinski definition) is 2. The zero-order valence-electron chi connectivity index (χ0n) is 9.93. The summed E-state index contributed by atoms with van der Waals surface area (Å²) in [4.78, 5) is 0. The number of halogens is 5. The van der Waals surface area contributed by atoms with Gasteiger partial charge in [0, 0.05) is 13.6 Å². The third-order valence-corrected chi connectivity index (χ3v) is 4.20. The van der Waals surface area contributed by atoms with Gasteiger partial charge in [-0.2, -0.15) is 0 Å². The highest BCUT2D eigenvalue weighted by molar-refractivity contribution is 14.1. The minimum atomic E-state index is -1.51. The molecule has 0 saturated heterocycles. The number of nitrogens with one attached hydrogen (secondary N) is 1. The molecule has 0 amide bonds. The first-order valence-corrected chi connectivity index (χ1v) is 7.37. The lowest BCUT2D eigenvalue weighted by molar-refractivity contribution is 0.433. The smallest absolute Gasteiger partial charge is 0.194 e. The number of benzene rings is 2. The lowest BCUT2D eigenvalue weighted by Crippen LogP contribution is -2.30. The van der Waals surface area contributed by atoms with Gasteiger partial charge in [0.05, 0.1) is 6.04 Å². The van der Waals surface area contributed by atoms with Crippen LogP contribution in [0, 0.1) is 21.0 Å². The van der Waals surface area contributed by atoms with E-state index in [1.54, 1.807) is 12.1 Å². The summed E-state index contributed by atoms with van der Waals surface area (Å²) < 4.78 is 41.8. The van der Waals surface area contributed by atoms with E-state index in [1.165, 1.54) is 6.07 Å². The maximum atomic E-state index is 13.9. The van der Waals surface area contributed by atoms with E-state index < -0.39 is 23.5 Å². The second-order valence-electron chi connectivity index (χ2n) is 4.03. The van der Waals surface area contributed by atoms with Crippen molar-refractivity contribution in [3.05, 3.63) is 67.0 Å². The molecule has 0 fully saturated rings. The van der Waals surface area contributed by atoms with Crippen LogP contribution in [-0.4, -0.2) is 0 Å². The summed E-state index contributed by atoms with van der Waals surface area (Å²) in [6, 6.07) is 6.65. The molecule has 0 aromatic heterocycles. The van der Waals surface area contributed by atoms with Crippen LogP contribution in [0.25, 0.3) is 0 Å². The molecule has 3 N–H and O–H groups in total. The zero-order chi connectivity index (χ0) is 14.9. The van der Waals surface area contributed by atoms with Crippen molar-refractivity contribution >= 4 is 38.5 Å². The second-order valence-corrected chi connectivity index (χ2v) is 6.13. The van der Waals surface area contributed by atoms with Crippen molar-refractivity contribution in [1.82, 2.24) is 5.43 Å². The molecule has 0 radical (unpaired) electrons. The first-order chi connectivity index (χ1) is 9.45. The molecular formula is C13H9BrF3IN2. The lowest BCUT2D eigenvalue weighted by atomic mass is 9.98. The molecule has 106 valence electrons. The fourth-order valence-electron chi connectivity index (χ4n) is 1.85. The van der Waals surface area contributed by atoms with Crippen molar-refractivity contribution in [3.8, 4) is 0 Å². The van der Waals surface area contributed by atoms with Crippen molar-refractivity contribution in [2.45, 2.75) is 6.04 Å². The fourth-order valence-corrected chi connectivity index (χ4v) is 2.84. The highest BCUT2D eigenvalue weighted by Crippen LogP contribution is 2.31. The van der Waals surface area contributed by atoms with Crippen LogP contribution in [-0.2, 0) is 0 Å². The molecule has 0 bridgehead atoms. The number of hydrazine groups is 1. The summed E-state index contributed by atoms with van der Waals surface area (Å²) >= 11 is 5.43. The van der Waals surface area contributed by atoms with Gasteiger partial charge < -0.3 is 0 Å². The molecule has 2 aromatic rings. The van der Waals surface area contributed by atoms with Gasteiger partial charge in [-0.05, 0) is 52.4 Å². The van der Waals surface area contributed by atoms with Gasteiger partial charge in [0.15, 0.2) is 17.5 Å². The zero-order valence-corrected chi connectivity index (χ0v) is 13.7. The van der Waals surface area contributed by atoms with E-state index in [0.717, 1.165) is 9.64 Å². The Balaban J connectivity index is 2.58. The molecule has 1 unspecified atom stereocenters. The van der Waals surface area contributed by atoms with Crippen LogP contribution in [0.1, 0.15) is 17.2 Å². The molecule has 0 heterocycles. The quantitative estimate of drug-likeness (QED) is 0.317. The van der Waals surface area contributed by atoms with E-state index in [2.05, 4.69) is 43.9 Å². The summed E-state index contributed by atoms with van der Waals surface area (Å²) in [5.41, 5.74) is 3.00. The molecule has 0 spiro atoms. The van der Waals surface area contributed by atoms with Crippen molar-refractivity contribution in [3.63, 3.8) is 0 Å². The van der Waals surface area contributed by atoms with Crippen LogP contribution >= 0.6 is 38.5 Å². The highest BCUT2D eigenvalue weighted by Gasteiger charge is 2.23. The highest BCUT2D eigenvalue weighted by atomic mass is 127. The van der Waals surface area contributed by atoms with Crippen LogP contribution in [0.3, 0.4) is 0 Å². The monoisotopic (exact) mass is 456 g/mol. The van der Waals surface area contributed by atoms with Crippen molar-refractivity contribution in [1.29, 1.82) is 0 Å². The molecule has 0 saturated carbocycles. The molecule has 2 aromatic carbocycles. The van der Waals surface area contributed by atoms with Gasteiger partial charge in [-0.25, -0.2) is 18.6 Å². The second kappa shape index (κ2) is 6.42. The minimum Gasteiger partial charge on any atom is -0.271 e. The van der Waals surface area contributed by atoms with Crippen LogP contribution in [0.15, 0.2) is 34.8 Å². The third kappa shape index (κ3) is 3.00. The summed E-state index contributed by atoms with van der Waals surface area (Å²) in [5, 5.41) is 0. The number of rotatable bonds is 3. The average Bonchev–Trinajstić information content (AvgIpc) is 2.43. The van der Waals surface area contributed by atoms with Gasteiger partial charge in [0.1, 0.15) is 0 Å². The Hall–Kier alpha value is -0.640. The van der Waals surface area contributed by atoms with E-state index in [9.17, 15) is 13.2 Å². The largest absolute Gasteiger partial charge is 0.271 e. The third-order valence-electron chi connectivity index (χ3n) is 2.81. The van der Waals surface area contributed by atoms with Crippen LogP contribution in [0.5, 0.6) is 0 Å². The van der Waals surface area contributed by atoms with Crippen LogP contribution in [0.4, 0.5) is 13.2 Å². The van der Waals surface area contributed by atoms with Crippen molar-refractivity contribution in [2.24, 2.45) is 5.84 Å². The molecule has 2 rings (SSSR count). The van der Waals surface area contributed by atoms with E-state index in [4.69, 9.17) is 5.84 Å². The van der Waals surface area contributed by atoms with Crippen molar-refractivity contribution in [2.75, 3.05) is 0 Å². The van der Waals surface area contributed by atoms with E-state index in [-0.39, 0.29) is 5.56 Å². The van der Waals surface area contributed by atoms with Gasteiger partial charge in [-0.1, -0.05) is 22.0 Å². The van der Waals surface area contributed by atoms with Gasteiger partial charge >= 0.3 is 0 Å². The first kappa shape index (κ1) is 15.7. The minimum absolute atomic E-state index is 0.0610. The standard InChI is InChI=1S/C13H9BrF3IN2/c14-9-3-1-6(18)5-8(9)13(20-19)7-2-4-10(15)12(17)11(7)16/h1-5,13,20H,19H2. The number of nitrogens with two attached hydrogens (primary N) is 1. The van der Waals surface area contributed by atoms with E-state index in [1.807, 2.05) is 6.07 Å². The SMILES string of the molecule is NNC(c1cc(I)ccc1Br)c1ccc(F)c(F)c1F. The Morgan fingerprint density at radius 3 is 2.40 bits per heavy atom. The first-order valence-electron chi connectivity index (χ1n) is 5.50. The Morgan fingerprint density at radius 1 is 1.05 bits per heavy atom. The summed E-state index contributed by atoms with van der Waals surface area (Å²) in [6.45, 7) is 0.